The van der Waals surface area contributed by atoms with Crippen LogP contribution in [-0.2, 0) is 21.4 Å². The molecule has 6 nitrogen and oxygen atoms in total. The maximum atomic E-state index is 12.1. The predicted molar refractivity (Wildman–Crippen MR) is 93.3 cm³/mol. The summed E-state index contributed by atoms with van der Waals surface area (Å²) in [5.41, 5.74) is 1.24. The molecular formula is C17H20N2O4S. The van der Waals surface area contributed by atoms with E-state index in [0.29, 0.717) is 11.4 Å². The zero-order valence-electron chi connectivity index (χ0n) is 13.5. The Hall–Kier alpha value is -2.54. The summed E-state index contributed by atoms with van der Waals surface area (Å²) in [7, 11) is -3.33. The van der Waals surface area contributed by atoms with E-state index in [0.717, 1.165) is 11.8 Å². The van der Waals surface area contributed by atoms with Gasteiger partial charge in [0.2, 0.25) is 10.0 Å². The minimum atomic E-state index is -3.33. The number of sulfonamides is 1. The Balaban J connectivity index is 1.90. The molecule has 0 heterocycles. The molecule has 0 aliphatic carbocycles. The fraction of sp³-hybridized carbons (Fsp3) is 0.235. The molecule has 0 aliphatic heterocycles. The second-order valence-electron chi connectivity index (χ2n) is 5.37. The molecule has 128 valence electrons. The Morgan fingerprint density at radius 1 is 1.12 bits per heavy atom. The van der Waals surface area contributed by atoms with Crippen LogP contribution in [0.3, 0.4) is 0 Å². The number of hydrogen-bond donors (Lipinski definition) is 2. The van der Waals surface area contributed by atoms with Gasteiger partial charge in [0, 0.05) is 12.2 Å². The standard InChI is InChI=1S/C17H20N2O4S/c1-13(23-16-9-4-3-5-10-16)17(20)18-12-14-7-6-8-15(11-14)19-24(2,21)22/h3-11,13,19H,12H2,1-2H3,(H,18,20)/t13-/m0/s1. The topological polar surface area (TPSA) is 84.5 Å². The highest BCUT2D eigenvalue weighted by Crippen LogP contribution is 2.13. The number of rotatable bonds is 7. The van der Waals surface area contributed by atoms with Crippen molar-refractivity contribution in [2.45, 2.75) is 19.6 Å². The predicted octanol–water partition coefficient (Wildman–Crippen LogP) is 2.14. The average Bonchev–Trinajstić information content (AvgIpc) is 2.52. The van der Waals surface area contributed by atoms with Gasteiger partial charge in [0.25, 0.3) is 5.91 Å². The van der Waals surface area contributed by atoms with Gasteiger partial charge in [0.05, 0.1) is 6.26 Å². The number of carbonyl (C=O) groups excluding carboxylic acids is 1. The van der Waals surface area contributed by atoms with Crippen LogP contribution in [0.5, 0.6) is 5.75 Å². The number of amides is 1. The fourth-order valence-corrected chi connectivity index (χ4v) is 2.60. The number of carbonyl (C=O) groups is 1. The minimum Gasteiger partial charge on any atom is -0.481 e. The lowest BCUT2D eigenvalue weighted by molar-refractivity contribution is -0.127. The van der Waals surface area contributed by atoms with Crippen LogP contribution in [0.4, 0.5) is 5.69 Å². The highest BCUT2D eigenvalue weighted by atomic mass is 32.2. The molecule has 0 aliphatic rings. The van der Waals surface area contributed by atoms with Crippen LogP contribution in [-0.4, -0.2) is 26.7 Å². The van der Waals surface area contributed by atoms with Crippen molar-refractivity contribution in [2.75, 3.05) is 11.0 Å². The molecule has 0 radical (unpaired) electrons. The Morgan fingerprint density at radius 3 is 2.50 bits per heavy atom. The maximum Gasteiger partial charge on any atom is 0.261 e. The van der Waals surface area contributed by atoms with E-state index >= 15 is 0 Å². The van der Waals surface area contributed by atoms with Gasteiger partial charge < -0.3 is 10.1 Å². The van der Waals surface area contributed by atoms with Crippen molar-refractivity contribution in [3.63, 3.8) is 0 Å². The lowest BCUT2D eigenvalue weighted by atomic mass is 10.2. The summed E-state index contributed by atoms with van der Waals surface area (Å²) < 4.78 is 30.4. The smallest absolute Gasteiger partial charge is 0.261 e. The molecule has 0 saturated carbocycles. The van der Waals surface area contributed by atoms with E-state index in [1.807, 2.05) is 18.2 Å². The van der Waals surface area contributed by atoms with Crippen LogP contribution in [0.15, 0.2) is 54.6 Å². The van der Waals surface area contributed by atoms with Gasteiger partial charge in [0.1, 0.15) is 5.75 Å². The second kappa shape index (κ2) is 7.83. The van der Waals surface area contributed by atoms with E-state index < -0.39 is 16.1 Å². The van der Waals surface area contributed by atoms with Crippen molar-refractivity contribution < 1.29 is 17.9 Å². The molecule has 0 spiro atoms. The van der Waals surface area contributed by atoms with E-state index in [4.69, 9.17) is 4.74 Å². The molecule has 2 aromatic rings. The number of benzene rings is 2. The molecule has 24 heavy (non-hydrogen) atoms. The molecule has 0 saturated heterocycles. The molecule has 1 atom stereocenters. The molecular weight excluding hydrogens is 328 g/mol. The summed E-state index contributed by atoms with van der Waals surface area (Å²) in [6, 6.07) is 15.9. The number of para-hydroxylation sites is 1. The van der Waals surface area contributed by atoms with Crippen molar-refractivity contribution in [3.8, 4) is 5.75 Å². The van der Waals surface area contributed by atoms with Gasteiger partial charge in [-0.05, 0) is 36.8 Å². The highest BCUT2D eigenvalue weighted by Gasteiger charge is 2.14. The van der Waals surface area contributed by atoms with Crippen LogP contribution in [0.25, 0.3) is 0 Å². The average molecular weight is 348 g/mol. The molecule has 0 aromatic heterocycles. The third-order valence-electron chi connectivity index (χ3n) is 3.12. The quantitative estimate of drug-likeness (QED) is 0.803. The van der Waals surface area contributed by atoms with Gasteiger partial charge in [-0.2, -0.15) is 0 Å². The van der Waals surface area contributed by atoms with E-state index in [1.165, 1.54) is 0 Å². The molecule has 0 unspecified atom stereocenters. The Morgan fingerprint density at radius 2 is 1.83 bits per heavy atom. The number of anilines is 1. The normalized spacial score (nSPS) is 12.2. The van der Waals surface area contributed by atoms with Crippen molar-refractivity contribution in [2.24, 2.45) is 0 Å². The van der Waals surface area contributed by atoms with Crippen molar-refractivity contribution in [3.05, 3.63) is 60.2 Å². The summed E-state index contributed by atoms with van der Waals surface area (Å²) in [5, 5.41) is 2.77. The van der Waals surface area contributed by atoms with Crippen LogP contribution in [0.1, 0.15) is 12.5 Å². The van der Waals surface area contributed by atoms with Crippen molar-refractivity contribution >= 4 is 21.6 Å². The third-order valence-corrected chi connectivity index (χ3v) is 3.73. The Kier molecular flexibility index (Phi) is 5.81. The summed E-state index contributed by atoms with van der Waals surface area (Å²) in [4.78, 5) is 12.1. The Labute approximate surface area is 141 Å². The second-order valence-corrected chi connectivity index (χ2v) is 7.11. The summed E-state index contributed by atoms with van der Waals surface area (Å²) >= 11 is 0. The lowest BCUT2D eigenvalue weighted by Crippen LogP contribution is -2.35. The van der Waals surface area contributed by atoms with E-state index in [-0.39, 0.29) is 12.5 Å². The summed E-state index contributed by atoms with van der Waals surface area (Å²) in [6.45, 7) is 1.95. The van der Waals surface area contributed by atoms with E-state index in [1.54, 1.807) is 43.3 Å². The minimum absolute atomic E-state index is 0.250. The monoisotopic (exact) mass is 348 g/mol. The molecule has 0 bridgehead atoms. The van der Waals surface area contributed by atoms with Crippen LogP contribution in [0.2, 0.25) is 0 Å². The lowest BCUT2D eigenvalue weighted by Gasteiger charge is -2.15. The largest absolute Gasteiger partial charge is 0.481 e. The summed E-state index contributed by atoms with van der Waals surface area (Å²) in [5.74, 6) is 0.375. The zero-order chi connectivity index (χ0) is 17.6. The number of nitrogens with one attached hydrogen (secondary N) is 2. The molecule has 1 amide bonds. The number of ether oxygens (including phenoxy) is 1. The Bertz CT molecular complexity index is 791. The van der Waals surface area contributed by atoms with Gasteiger partial charge in [0.15, 0.2) is 6.10 Å². The van der Waals surface area contributed by atoms with Crippen molar-refractivity contribution in [1.82, 2.24) is 5.32 Å². The molecule has 2 N–H and O–H groups in total. The van der Waals surface area contributed by atoms with Crippen LogP contribution >= 0.6 is 0 Å². The van der Waals surface area contributed by atoms with Gasteiger partial charge in [-0.3, -0.25) is 9.52 Å². The maximum absolute atomic E-state index is 12.1. The van der Waals surface area contributed by atoms with Gasteiger partial charge in [-0.15, -0.1) is 0 Å². The fourth-order valence-electron chi connectivity index (χ4n) is 2.05. The zero-order valence-corrected chi connectivity index (χ0v) is 14.3. The van der Waals surface area contributed by atoms with Crippen LogP contribution in [0, 0.1) is 0 Å². The van der Waals surface area contributed by atoms with Gasteiger partial charge in [-0.1, -0.05) is 30.3 Å². The van der Waals surface area contributed by atoms with Gasteiger partial charge in [-0.25, -0.2) is 8.42 Å². The SMILES string of the molecule is C[C@H](Oc1ccccc1)C(=O)NCc1cccc(NS(C)(=O)=O)c1. The first-order valence-corrected chi connectivity index (χ1v) is 9.29. The van der Waals surface area contributed by atoms with E-state index in [9.17, 15) is 13.2 Å². The van der Waals surface area contributed by atoms with Crippen molar-refractivity contribution in [1.29, 1.82) is 0 Å². The highest BCUT2D eigenvalue weighted by molar-refractivity contribution is 7.92. The number of hydrogen-bond acceptors (Lipinski definition) is 4. The first-order chi connectivity index (χ1) is 11.3. The van der Waals surface area contributed by atoms with Gasteiger partial charge >= 0.3 is 0 Å². The summed E-state index contributed by atoms with van der Waals surface area (Å²) in [6.07, 6.45) is 0.453. The molecule has 7 heteroatoms. The third kappa shape index (κ3) is 5.92. The molecule has 2 rings (SSSR count). The molecule has 0 fully saturated rings. The first-order valence-electron chi connectivity index (χ1n) is 7.39. The van der Waals surface area contributed by atoms with E-state index in [2.05, 4.69) is 10.0 Å². The molecule has 2 aromatic carbocycles. The first kappa shape index (κ1) is 17.8. The van der Waals surface area contributed by atoms with Crippen LogP contribution < -0.4 is 14.8 Å².